The van der Waals surface area contributed by atoms with Crippen molar-refractivity contribution in [2.24, 2.45) is 0 Å². The molecule has 14 nitrogen and oxygen atoms in total. The fourth-order valence-corrected chi connectivity index (χ4v) is 5.00. The number of ether oxygens (including phenoxy) is 4. The predicted molar refractivity (Wildman–Crippen MR) is 159 cm³/mol. The van der Waals surface area contributed by atoms with E-state index in [-0.39, 0.29) is 27.7 Å². The molecule has 2 aromatic heterocycles. The maximum atomic E-state index is 13.4. The molecule has 46 heavy (non-hydrogen) atoms. The molecule has 6 rings (SSSR count). The molecule has 232 valence electrons. The number of hydrogen-bond donors (Lipinski definition) is 3. The number of aromatic amines is 2. The van der Waals surface area contributed by atoms with Gasteiger partial charge in [-0.2, -0.15) is 0 Å². The van der Waals surface area contributed by atoms with Gasteiger partial charge in [0.25, 0.3) is 5.56 Å². The summed E-state index contributed by atoms with van der Waals surface area (Å²) in [5, 5.41) is 7.88. The number of nitrogens with one attached hydrogen (secondary N) is 3. The smallest absolute Gasteiger partial charge is 0.338 e. The van der Waals surface area contributed by atoms with Crippen LogP contribution in [0.2, 0.25) is 0 Å². The van der Waals surface area contributed by atoms with Crippen molar-refractivity contribution in [3.63, 3.8) is 0 Å². The molecular weight excluding hydrogens is 598 g/mol. The fraction of sp³-hybridized carbons (Fsp3) is 0.156. The summed E-state index contributed by atoms with van der Waals surface area (Å²) in [5.41, 5.74) is -1.76. The van der Waals surface area contributed by atoms with Crippen LogP contribution < -0.4 is 16.7 Å². The first-order valence-electron chi connectivity index (χ1n) is 14.0. The van der Waals surface area contributed by atoms with E-state index in [0.717, 1.165) is 6.33 Å². The molecule has 3 aromatic carbocycles. The molecule has 0 spiro atoms. The molecule has 4 atom stereocenters. The number of esters is 3. The normalized spacial score (nSPS) is 19.0. The van der Waals surface area contributed by atoms with Crippen molar-refractivity contribution in [3.05, 3.63) is 140 Å². The van der Waals surface area contributed by atoms with Crippen LogP contribution in [0.4, 0.5) is 0 Å². The summed E-state index contributed by atoms with van der Waals surface area (Å²) < 4.78 is 24.8. The molecule has 1 aliphatic heterocycles. The second kappa shape index (κ2) is 12.8. The van der Waals surface area contributed by atoms with Crippen molar-refractivity contribution in [3.8, 4) is 0 Å². The molecule has 1 fully saturated rings. The van der Waals surface area contributed by atoms with Gasteiger partial charge in [-0.15, -0.1) is 0 Å². The quantitative estimate of drug-likeness (QED) is 0.170. The second-order valence-electron chi connectivity index (χ2n) is 10.1. The summed E-state index contributed by atoms with van der Waals surface area (Å²) in [6.45, 7) is -0.449. The number of fused-ring (bicyclic) bond motifs is 1. The first kappa shape index (κ1) is 29.9. The van der Waals surface area contributed by atoms with Crippen LogP contribution in [-0.4, -0.2) is 62.3 Å². The van der Waals surface area contributed by atoms with Gasteiger partial charge in [-0.25, -0.2) is 24.2 Å². The average Bonchev–Trinajstić information content (AvgIpc) is 3.40. The van der Waals surface area contributed by atoms with Crippen LogP contribution in [0.25, 0.3) is 11.0 Å². The van der Waals surface area contributed by atoms with E-state index < -0.39 is 65.8 Å². The monoisotopic (exact) mass is 623 g/mol. The molecule has 1 aliphatic rings. The van der Waals surface area contributed by atoms with Crippen molar-refractivity contribution < 1.29 is 33.3 Å². The van der Waals surface area contributed by atoms with Crippen LogP contribution in [0.15, 0.2) is 107 Å². The van der Waals surface area contributed by atoms with E-state index in [9.17, 15) is 24.0 Å². The summed E-state index contributed by atoms with van der Waals surface area (Å²) in [6.07, 6.45) is -4.31. The van der Waals surface area contributed by atoms with Gasteiger partial charge in [0, 0.05) is 0 Å². The molecule has 0 radical (unpaired) electrons. The van der Waals surface area contributed by atoms with Gasteiger partial charge in [0.05, 0.1) is 16.7 Å². The van der Waals surface area contributed by atoms with Crippen LogP contribution in [0.3, 0.4) is 0 Å². The number of H-pyrrole nitrogens is 2. The van der Waals surface area contributed by atoms with Gasteiger partial charge >= 0.3 is 23.6 Å². The first-order valence-corrected chi connectivity index (χ1v) is 14.0. The van der Waals surface area contributed by atoms with Crippen LogP contribution in [0.5, 0.6) is 0 Å². The number of hydrogen-bond acceptors (Lipinski definition) is 11. The van der Waals surface area contributed by atoms with E-state index in [1.807, 2.05) is 0 Å². The lowest BCUT2D eigenvalue weighted by Gasteiger charge is -2.25. The lowest BCUT2D eigenvalue weighted by atomic mass is 10.1. The van der Waals surface area contributed by atoms with E-state index in [1.165, 1.54) is 28.8 Å². The highest BCUT2D eigenvalue weighted by molar-refractivity contribution is 5.91. The van der Waals surface area contributed by atoms with Crippen LogP contribution in [-0.2, 0) is 18.9 Å². The zero-order chi connectivity index (χ0) is 32.2. The van der Waals surface area contributed by atoms with Crippen molar-refractivity contribution in [1.29, 1.82) is 5.41 Å². The molecule has 3 N–H and O–H groups in total. The molecule has 1 saturated heterocycles. The van der Waals surface area contributed by atoms with Gasteiger partial charge in [-0.05, 0) is 36.4 Å². The Morgan fingerprint density at radius 2 is 1.28 bits per heavy atom. The third-order valence-electron chi connectivity index (χ3n) is 7.18. The topological polar surface area (TPSA) is 196 Å². The molecule has 0 saturated carbocycles. The summed E-state index contributed by atoms with van der Waals surface area (Å²) in [7, 11) is 0. The standard InChI is InChI=1S/C32H25N5O9/c33-25-22-26(35-32(42)36-27(22)38)37(17-34-25)28-24(46-31(41)20-14-8-3-9-15-20)23(45-30(40)19-12-6-2-7-13-19)21(44-28)16-43-29(39)18-10-4-1-5-11-18/h1-15,17,21,23-24,28,33H,16H2,(H2,35,36,38,42)/t21-,23-,24-,28-/m1/s1. The summed E-state index contributed by atoms with van der Waals surface area (Å²) in [4.78, 5) is 73.0. The van der Waals surface area contributed by atoms with Gasteiger partial charge in [0.2, 0.25) is 0 Å². The number of carbonyl (C=O) groups is 3. The van der Waals surface area contributed by atoms with Crippen molar-refractivity contribution >= 4 is 28.9 Å². The van der Waals surface area contributed by atoms with Crippen molar-refractivity contribution in [2.75, 3.05) is 6.61 Å². The number of nitrogens with zero attached hydrogens (tertiary/aromatic N) is 2. The molecule has 0 amide bonds. The number of aromatic nitrogens is 4. The molecule has 0 unspecified atom stereocenters. The Kier molecular flexibility index (Phi) is 8.34. The molecule has 14 heteroatoms. The van der Waals surface area contributed by atoms with Gasteiger partial charge in [-0.1, -0.05) is 54.6 Å². The van der Waals surface area contributed by atoms with E-state index >= 15 is 0 Å². The van der Waals surface area contributed by atoms with Gasteiger partial charge in [-0.3, -0.25) is 24.7 Å². The third-order valence-corrected chi connectivity index (χ3v) is 7.18. The first-order chi connectivity index (χ1) is 22.3. The summed E-state index contributed by atoms with van der Waals surface area (Å²) in [5.74, 6) is -2.27. The maximum absolute atomic E-state index is 13.4. The SMILES string of the molecule is N=c1ncn([C@@H]2O[C@H](COC(=O)c3ccccc3)[C@@H](OC(=O)c3ccccc3)[C@H]2OC(=O)c2ccccc2)c2[nH]c(=O)[nH]c(=O)c12. The highest BCUT2D eigenvalue weighted by atomic mass is 16.7. The Bertz CT molecular complexity index is 2080. The number of carbonyl (C=O) groups excluding carboxylic acids is 3. The summed E-state index contributed by atoms with van der Waals surface area (Å²) >= 11 is 0. The minimum absolute atomic E-state index is 0.172. The summed E-state index contributed by atoms with van der Waals surface area (Å²) in [6, 6.07) is 24.2. The lowest BCUT2D eigenvalue weighted by molar-refractivity contribution is -0.0610. The van der Waals surface area contributed by atoms with Crippen molar-refractivity contribution in [2.45, 2.75) is 24.5 Å². The largest absolute Gasteiger partial charge is 0.459 e. The van der Waals surface area contributed by atoms with Gasteiger partial charge in [0.15, 0.2) is 23.9 Å². The predicted octanol–water partition coefficient (Wildman–Crippen LogP) is 2.10. The van der Waals surface area contributed by atoms with Gasteiger partial charge in [0.1, 0.15) is 30.1 Å². The molecular formula is C32H25N5O9. The van der Waals surface area contributed by atoms with Crippen LogP contribution in [0.1, 0.15) is 37.3 Å². The Labute approximate surface area is 258 Å². The Balaban J connectivity index is 1.44. The lowest BCUT2D eigenvalue weighted by Crippen LogP contribution is -2.41. The second-order valence-corrected chi connectivity index (χ2v) is 10.1. The zero-order valence-corrected chi connectivity index (χ0v) is 23.8. The average molecular weight is 624 g/mol. The number of rotatable bonds is 8. The minimum Gasteiger partial charge on any atom is -0.459 e. The maximum Gasteiger partial charge on any atom is 0.338 e. The molecule has 5 aromatic rings. The van der Waals surface area contributed by atoms with Crippen LogP contribution in [0, 0.1) is 5.41 Å². The minimum atomic E-state index is -1.44. The molecule has 3 heterocycles. The van der Waals surface area contributed by atoms with E-state index in [4.69, 9.17) is 24.4 Å². The number of benzene rings is 3. The van der Waals surface area contributed by atoms with E-state index in [1.54, 1.807) is 66.7 Å². The highest BCUT2D eigenvalue weighted by Crippen LogP contribution is 2.36. The fourth-order valence-electron chi connectivity index (χ4n) is 5.00. The van der Waals surface area contributed by atoms with Crippen LogP contribution >= 0.6 is 0 Å². The van der Waals surface area contributed by atoms with Crippen molar-refractivity contribution in [1.82, 2.24) is 19.5 Å². The highest BCUT2D eigenvalue weighted by Gasteiger charge is 2.51. The van der Waals surface area contributed by atoms with E-state index in [2.05, 4.69) is 15.0 Å². The molecule has 0 bridgehead atoms. The zero-order valence-electron chi connectivity index (χ0n) is 23.8. The third kappa shape index (κ3) is 6.09. The Morgan fingerprint density at radius 1 is 0.761 bits per heavy atom. The Hall–Kier alpha value is -6.15. The van der Waals surface area contributed by atoms with E-state index in [0.29, 0.717) is 0 Å². The van der Waals surface area contributed by atoms with Gasteiger partial charge < -0.3 is 18.9 Å². The Morgan fingerprint density at radius 3 is 1.85 bits per heavy atom. The molecule has 0 aliphatic carbocycles.